The van der Waals surface area contributed by atoms with Crippen molar-refractivity contribution in [1.29, 1.82) is 0 Å². The van der Waals surface area contributed by atoms with E-state index in [2.05, 4.69) is 0 Å². The minimum Gasteiger partial charge on any atom is -0.282 e. The van der Waals surface area contributed by atoms with E-state index >= 15 is 0 Å². The fourth-order valence-corrected chi connectivity index (χ4v) is 2.39. The van der Waals surface area contributed by atoms with Crippen molar-refractivity contribution < 1.29 is 13.6 Å². The van der Waals surface area contributed by atoms with Gasteiger partial charge in [0.25, 0.3) is 0 Å². The van der Waals surface area contributed by atoms with Crippen LogP contribution < -0.4 is 0 Å². The van der Waals surface area contributed by atoms with Gasteiger partial charge in [-0.15, -0.1) is 0 Å². The summed E-state index contributed by atoms with van der Waals surface area (Å²) in [6, 6.07) is 8.83. The molecule has 4 heteroatoms. The van der Waals surface area contributed by atoms with Crippen molar-refractivity contribution in [1.82, 2.24) is 0 Å². The van der Waals surface area contributed by atoms with Gasteiger partial charge in [0, 0.05) is 11.3 Å². The first-order valence-electron chi connectivity index (χ1n) is 6.15. The van der Waals surface area contributed by atoms with Crippen molar-refractivity contribution in [3.63, 3.8) is 0 Å². The van der Waals surface area contributed by atoms with Crippen LogP contribution in [-0.4, -0.2) is 23.2 Å². The van der Waals surface area contributed by atoms with Crippen LogP contribution in [0.4, 0.5) is 8.78 Å². The number of halogens is 2. The molecule has 0 bridgehead atoms. The Balaban J connectivity index is 2.28. The highest BCUT2D eigenvalue weighted by Crippen LogP contribution is 2.19. The summed E-state index contributed by atoms with van der Waals surface area (Å²) in [4.78, 5) is 11.7. The molecule has 0 saturated heterocycles. The Kier molecular flexibility index (Phi) is 6.94. The van der Waals surface area contributed by atoms with E-state index in [4.69, 9.17) is 0 Å². The monoisotopic (exact) mass is 272 g/mol. The van der Waals surface area contributed by atoms with E-state index in [0.717, 1.165) is 11.8 Å². The maximum absolute atomic E-state index is 13.3. The van der Waals surface area contributed by atoms with Crippen LogP contribution in [0.2, 0.25) is 0 Å². The number of benzene rings is 1. The lowest BCUT2D eigenvalue weighted by Gasteiger charge is -2.11. The van der Waals surface area contributed by atoms with Crippen molar-refractivity contribution in [2.24, 2.45) is 0 Å². The Hall–Kier alpha value is -0.900. The SMILES string of the molecule is CCCC(F)C(F)CCSC(=O)c1ccccc1. The van der Waals surface area contributed by atoms with E-state index in [9.17, 15) is 13.6 Å². The maximum Gasteiger partial charge on any atom is 0.219 e. The Morgan fingerprint density at radius 3 is 2.39 bits per heavy atom. The quantitative estimate of drug-likeness (QED) is 0.730. The van der Waals surface area contributed by atoms with Gasteiger partial charge in [-0.25, -0.2) is 8.78 Å². The smallest absolute Gasteiger partial charge is 0.219 e. The van der Waals surface area contributed by atoms with E-state index in [1.54, 1.807) is 24.3 Å². The third kappa shape index (κ3) is 5.17. The van der Waals surface area contributed by atoms with Gasteiger partial charge in [-0.05, 0) is 12.8 Å². The molecule has 0 aliphatic heterocycles. The summed E-state index contributed by atoms with van der Waals surface area (Å²) < 4.78 is 26.5. The van der Waals surface area contributed by atoms with E-state index in [1.165, 1.54) is 0 Å². The summed E-state index contributed by atoms with van der Waals surface area (Å²) in [5.74, 6) is 0.318. The molecule has 2 unspecified atom stereocenters. The van der Waals surface area contributed by atoms with Gasteiger partial charge in [0.1, 0.15) is 12.3 Å². The summed E-state index contributed by atoms with van der Waals surface area (Å²) in [5, 5.41) is -0.0892. The van der Waals surface area contributed by atoms with Gasteiger partial charge >= 0.3 is 0 Å². The molecule has 0 N–H and O–H groups in total. The van der Waals surface area contributed by atoms with Crippen LogP contribution >= 0.6 is 11.8 Å². The average Bonchev–Trinajstić information content (AvgIpc) is 2.39. The first-order valence-corrected chi connectivity index (χ1v) is 7.14. The fraction of sp³-hybridized carbons (Fsp3) is 0.500. The number of carbonyl (C=O) groups excluding carboxylic acids is 1. The molecule has 1 rings (SSSR count). The number of thioether (sulfide) groups is 1. The normalized spacial score (nSPS) is 14.2. The highest BCUT2D eigenvalue weighted by molar-refractivity contribution is 8.14. The minimum absolute atomic E-state index is 0.0877. The number of rotatable bonds is 7. The van der Waals surface area contributed by atoms with Crippen LogP contribution in [0, 0.1) is 0 Å². The molecule has 1 aromatic rings. The lowest BCUT2D eigenvalue weighted by atomic mass is 10.1. The molecular weight excluding hydrogens is 254 g/mol. The van der Waals surface area contributed by atoms with Gasteiger partial charge in [0.15, 0.2) is 0 Å². The second kappa shape index (κ2) is 8.25. The van der Waals surface area contributed by atoms with Crippen LogP contribution in [0.1, 0.15) is 36.5 Å². The van der Waals surface area contributed by atoms with Crippen LogP contribution in [0.25, 0.3) is 0 Å². The van der Waals surface area contributed by atoms with E-state index in [-0.39, 0.29) is 18.0 Å². The van der Waals surface area contributed by atoms with Crippen molar-refractivity contribution >= 4 is 16.9 Å². The third-order valence-corrected chi connectivity index (χ3v) is 3.53. The average molecular weight is 272 g/mol. The molecule has 1 nitrogen and oxygen atoms in total. The predicted octanol–water partition coefficient (Wildman–Crippen LogP) is 4.43. The molecular formula is C14H18F2OS. The molecule has 2 atom stereocenters. The number of hydrogen-bond acceptors (Lipinski definition) is 2. The summed E-state index contributed by atoms with van der Waals surface area (Å²) in [7, 11) is 0. The fourth-order valence-electron chi connectivity index (χ4n) is 1.56. The highest BCUT2D eigenvalue weighted by Gasteiger charge is 2.19. The minimum atomic E-state index is -1.46. The zero-order valence-electron chi connectivity index (χ0n) is 10.4. The molecule has 0 amide bonds. The molecule has 1 aromatic carbocycles. The first-order chi connectivity index (χ1) is 8.65. The Morgan fingerprint density at radius 2 is 1.78 bits per heavy atom. The molecule has 0 saturated carbocycles. The topological polar surface area (TPSA) is 17.1 Å². The van der Waals surface area contributed by atoms with Crippen molar-refractivity contribution in [2.75, 3.05) is 5.75 Å². The summed E-state index contributed by atoms with van der Waals surface area (Å²) >= 11 is 1.05. The van der Waals surface area contributed by atoms with Gasteiger partial charge in [-0.3, -0.25) is 4.79 Å². The van der Waals surface area contributed by atoms with Crippen LogP contribution in [0.15, 0.2) is 30.3 Å². The van der Waals surface area contributed by atoms with Gasteiger partial charge in [0.05, 0.1) is 0 Å². The van der Waals surface area contributed by atoms with E-state index < -0.39 is 12.3 Å². The van der Waals surface area contributed by atoms with E-state index in [0.29, 0.717) is 17.7 Å². The molecule has 0 aliphatic rings. The van der Waals surface area contributed by atoms with Gasteiger partial charge < -0.3 is 0 Å². The van der Waals surface area contributed by atoms with Crippen molar-refractivity contribution in [2.45, 2.75) is 38.5 Å². The summed E-state index contributed by atoms with van der Waals surface area (Å²) in [6.45, 7) is 1.83. The van der Waals surface area contributed by atoms with Crippen molar-refractivity contribution in [3.05, 3.63) is 35.9 Å². The molecule has 0 aliphatic carbocycles. The maximum atomic E-state index is 13.3. The molecule has 0 fully saturated rings. The largest absolute Gasteiger partial charge is 0.282 e. The Labute approximate surface area is 111 Å². The van der Waals surface area contributed by atoms with Crippen LogP contribution in [-0.2, 0) is 0 Å². The lowest BCUT2D eigenvalue weighted by molar-refractivity contribution is 0.108. The second-order valence-corrected chi connectivity index (χ2v) is 5.18. The molecule has 0 heterocycles. The first kappa shape index (κ1) is 15.2. The molecule has 100 valence electrons. The molecule has 0 radical (unpaired) electrons. The standard InChI is InChI=1S/C14H18F2OS/c1-2-6-12(15)13(16)9-10-18-14(17)11-7-4-3-5-8-11/h3-5,7-8,12-13H,2,6,9-10H2,1H3. The number of carbonyl (C=O) groups is 1. The van der Waals surface area contributed by atoms with Crippen molar-refractivity contribution in [3.8, 4) is 0 Å². The predicted molar refractivity (Wildman–Crippen MR) is 72.5 cm³/mol. The Bertz CT molecular complexity index is 356. The Morgan fingerprint density at radius 1 is 1.17 bits per heavy atom. The van der Waals surface area contributed by atoms with Crippen LogP contribution in [0.3, 0.4) is 0 Å². The number of alkyl halides is 2. The van der Waals surface area contributed by atoms with E-state index in [1.807, 2.05) is 13.0 Å². The highest BCUT2D eigenvalue weighted by atomic mass is 32.2. The van der Waals surface area contributed by atoms with Gasteiger partial charge in [0.2, 0.25) is 5.12 Å². The zero-order chi connectivity index (χ0) is 13.4. The molecule has 0 spiro atoms. The van der Waals surface area contributed by atoms with Crippen LogP contribution in [0.5, 0.6) is 0 Å². The lowest BCUT2D eigenvalue weighted by Crippen LogP contribution is -2.18. The summed E-state index contributed by atoms with van der Waals surface area (Å²) in [6.07, 6.45) is -1.89. The summed E-state index contributed by atoms with van der Waals surface area (Å²) in [5.41, 5.74) is 0.600. The van der Waals surface area contributed by atoms with Gasteiger partial charge in [-0.1, -0.05) is 55.4 Å². The van der Waals surface area contributed by atoms with Gasteiger partial charge in [-0.2, -0.15) is 0 Å². The molecule has 0 aromatic heterocycles. The molecule has 18 heavy (non-hydrogen) atoms. The zero-order valence-corrected chi connectivity index (χ0v) is 11.3. The second-order valence-electron chi connectivity index (χ2n) is 4.11. The number of hydrogen-bond donors (Lipinski definition) is 0. The third-order valence-electron chi connectivity index (χ3n) is 2.59.